The van der Waals surface area contributed by atoms with E-state index in [0.717, 1.165) is 0 Å². The molecule has 5 nitrogen and oxygen atoms in total. The van der Waals surface area contributed by atoms with Crippen LogP contribution in [0.25, 0.3) is 0 Å². The first kappa shape index (κ1) is 15.8. The number of carbonyl (C=O) groups is 1. The molecule has 0 spiro atoms. The van der Waals surface area contributed by atoms with E-state index in [1.165, 1.54) is 0 Å². The zero-order chi connectivity index (χ0) is 12.6. The monoisotopic (exact) mass is 252 g/mol. The van der Waals surface area contributed by atoms with E-state index < -0.39 is 13.7 Å². The minimum atomic E-state index is -3.30. The molecule has 0 saturated heterocycles. The van der Waals surface area contributed by atoms with Gasteiger partial charge in [0.1, 0.15) is 11.9 Å². The lowest BCUT2D eigenvalue weighted by Gasteiger charge is -2.16. The predicted molar refractivity (Wildman–Crippen MR) is 61.6 cm³/mol. The van der Waals surface area contributed by atoms with Crippen LogP contribution in [0.1, 0.15) is 33.6 Å². The number of hydrogen-bond donors (Lipinski definition) is 1. The van der Waals surface area contributed by atoms with Crippen molar-refractivity contribution in [2.75, 3.05) is 19.4 Å². The number of carbonyl (C=O) groups excluding carboxylic acids is 1. The zero-order valence-corrected chi connectivity index (χ0v) is 11.0. The van der Waals surface area contributed by atoms with Gasteiger partial charge in [-0.25, -0.2) is 0 Å². The lowest BCUT2D eigenvalue weighted by molar-refractivity contribution is -0.118. The highest BCUT2D eigenvalue weighted by molar-refractivity contribution is 7.54. The van der Waals surface area contributed by atoms with Gasteiger partial charge in [-0.3, -0.25) is 9.36 Å². The normalized spacial score (nSPS) is 13.8. The molecule has 0 radical (unpaired) electrons. The average Bonchev–Trinajstić information content (AvgIpc) is 2.17. The quantitative estimate of drug-likeness (QED) is 0.635. The van der Waals surface area contributed by atoms with Gasteiger partial charge in [-0.05, 0) is 20.3 Å². The largest absolute Gasteiger partial charge is 0.393 e. The van der Waals surface area contributed by atoms with Crippen molar-refractivity contribution in [3.63, 3.8) is 0 Å². The molecule has 0 amide bonds. The van der Waals surface area contributed by atoms with Crippen LogP contribution in [-0.4, -0.2) is 36.4 Å². The van der Waals surface area contributed by atoms with Crippen molar-refractivity contribution >= 4 is 13.4 Å². The van der Waals surface area contributed by atoms with Crippen LogP contribution in [0.2, 0.25) is 0 Å². The highest BCUT2D eigenvalue weighted by Crippen LogP contribution is 2.47. The molecule has 16 heavy (non-hydrogen) atoms. The molecule has 0 aliphatic carbocycles. The highest BCUT2D eigenvalue weighted by Gasteiger charge is 2.27. The van der Waals surface area contributed by atoms with Gasteiger partial charge in [0, 0.05) is 6.42 Å². The molecule has 0 aromatic heterocycles. The zero-order valence-electron chi connectivity index (χ0n) is 10.1. The van der Waals surface area contributed by atoms with Crippen LogP contribution in [0.15, 0.2) is 0 Å². The molecule has 0 saturated carbocycles. The smallest absolute Gasteiger partial charge is 0.338 e. The van der Waals surface area contributed by atoms with Gasteiger partial charge in [-0.15, -0.1) is 0 Å². The number of aliphatic hydroxyl groups is 1. The van der Waals surface area contributed by atoms with E-state index in [4.69, 9.17) is 9.05 Å². The Labute approximate surface area is 96.7 Å². The Morgan fingerprint density at radius 3 is 2.12 bits per heavy atom. The van der Waals surface area contributed by atoms with Gasteiger partial charge < -0.3 is 14.2 Å². The standard InChI is InChI=1S/C10H21O5P/c1-4-9(11)7-10(12)8-16(13,14-5-2)15-6-3/h9,11H,4-8H2,1-3H3/t9-/m1/s1. The Kier molecular flexibility index (Phi) is 7.85. The molecule has 0 aliphatic rings. The first-order valence-corrected chi connectivity index (χ1v) is 7.28. The van der Waals surface area contributed by atoms with Crippen molar-refractivity contribution in [1.82, 2.24) is 0 Å². The van der Waals surface area contributed by atoms with E-state index >= 15 is 0 Å². The number of Topliss-reactive ketones (excluding diaryl/α,β-unsaturated/α-hetero) is 1. The number of ketones is 1. The third-order valence-electron chi connectivity index (χ3n) is 1.96. The van der Waals surface area contributed by atoms with Gasteiger partial charge in [-0.2, -0.15) is 0 Å². The van der Waals surface area contributed by atoms with Crippen molar-refractivity contribution in [1.29, 1.82) is 0 Å². The predicted octanol–water partition coefficient (Wildman–Crippen LogP) is 1.98. The van der Waals surface area contributed by atoms with Crippen LogP contribution in [-0.2, 0) is 18.4 Å². The number of aliphatic hydroxyl groups excluding tert-OH is 1. The van der Waals surface area contributed by atoms with E-state index in [1.807, 2.05) is 0 Å². The Morgan fingerprint density at radius 1 is 1.25 bits per heavy atom. The second-order valence-electron chi connectivity index (χ2n) is 3.41. The SMILES string of the molecule is CCOP(=O)(CC(=O)C[C@H](O)CC)OCC. The number of hydrogen-bond acceptors (Lipinski definition) is 5. The summed E-state index contributed by atoms with van der Waals surface area (Å²) < 4.78 is 21.9. The Morgan fingerprint density at radius 2 is 1.75 bits per heavy atom. The minimum Gasteiger partial charge on any atom is -0.393 e. The molecule has 0 aromatic carbocycles. The number of rotatable bonds is 9. The first-order valence-electron chi connectivity index (χ1n) is 5.55. The van der Waals surface area contributed by atoms with Gasteiger partial charge in [0.05, 0.1) is 19.3 Å². The van der Waals surface area contributed by atoms with Gasteiger partial charge in [0.25, 0.3) is 0 Å². The van der Waals surface area contributed by atoms with Gasteiger partial charge in [-0.1, -0.05) is 6.92 Å². The topological polar surface area (TPSA) is 72.8 Å². The second-order valence-corrected chi connectivity index (χ2v) is 5.46. The Bertz CT molecular complexity index is 244. The second kappa shape index (κ2) is 7.96. The summed E-state index contributed by atoms with van der Waals surface area (Å²) >= 11 is 0. The van der Waals surface area contributed by atoms with E-state index in [2.05, 4.69) is 0 Å². The van der Waals surface area contributed by atoms with Crippen molar-refractivity contribution in [2.24, 2.45) is 0 Å². The molecular weight excluding hydrogens is 231 g/mol. The van der Waals surface area contributed by atoms with Crippen molar-refractivity contribution in [2.45, 2.75) is 39.7 Å². The molecule has 96 valence electrons. The van der Waals surface area contributed by atoms with E-state index in [1.54, 1.807) is 20.8 Å². The van der Waals surface area contributed by atoms with Crippen LogP contribution >= 0.6 is 7.60 Å². The summed E-state index contributed by atoms with van der Waals surface area (Å²) in [5.74, 6) is -0.292. The molecule has 0 aromatic rings. The summed E-state index contributed by atoms with van der Waals surface area (Å²) in [5, 5.41) is 9.29. The van der Waals surface area contributed by atoms with Gasteiger partial charge in [0.2, 0.25) is 0 Å². The molecule has 0 unspecified atom stereocenters. The molecule has 0 rings (SSSR count). The summed E-state index contributed by atoms with van der Waals surface area (Å²) in [6, 6.07) is 0. The van der Waals surface area contributed by atoms with Crippen LogP contribution in [0.5, 0.6) is 0 Å². The van der Waals surface area contributed by atoms with Crippen LogP contribution in [0.3, 0.4) is 0 Å². The van der Waals surface area contributed by atoms with E-state index in [9.17, 15) is 14.5 Å². The maximum Gasteiger partial charge on any atom is 0.338 e. The lowest BCUT2D eigenvalue weighted by Crippen LogP contribution is -2.16. The van der Waals surface area contributed by atoms with Crippen LogP contribution in [0.4, 0.5) is 0 Å². The summed E-state index contributed by atoms with van der Waals surface area (Å²) in [4.78, 5) is 11.5. The molecular formula is C10H21O5P. The maximum atomic E-state index is 11.9. The third kappa shape index (κ3) is 6.38. The summed E-state index contributed by atoms with van der Waals surface area (Å²) in [6.45, 7) is 5.64. The maximum absolute atomic E-state index is 11.9. The summed E-state index contributed by atoms with van der Waals surface area (Å²) in [6.07, 6.45) is -0.435. The third-order valence-corrected chi connectivity index (χ3v) is 4.00. The van der Waals surface area contributed by atoms with E-state index in [0.29, 0.717) is 6.42 Å². The molecule has 1 N–H and O–H groups in total. The first-order chi connectivity index (χ1) is 7.47. The Balaban J connectivity index is 4.28. The van der Waals surface area contributed by atoms with Crippen molar-refractivity contribution in [3.8, 4) is 0 Å². The van der Waals surface area contributed by atoms with Crippen molar-refractivity contribution in [3.05, 3.63) is 0 Å². The van der Waals surface area contributed by atoms with Crippen molar-refractivity contribution < 1.29 is 23.5 Å². The summed E-state index contributed by atoms with van der Waals surface area (Å²) in [5.41, 5.74) is 0. The lowest BCUT2D eigenvalue weighted by atomic mass is 10.1. The highest BCUT2D eigenvalue weighted by atomic mass is 31.2. The molecule has 0 aliphatic heterocycles. The fourth-order valence-corrected chi connectivity index (χ4v) is 2.81. The molecule has 6 heteroatoms. The van der Waals surface area contributed by atoms with Gasteiger partial charge >= 0.3 is 7.60 Å². The minimum absolute atomic E-state index is 0.000634. The molecule has 0 fully saturated rings. The Hall–Kier alpha value is -0.220. The molecule has 0 heterocycles. The fourth-order valence-electron chi connectivity index (χ4n) is 1.21. The fraction of sp³-hybridized carbons (Fsp3) is 0.900. The van der Waals surface area contributed by atoms with E-state index in [-0.39, 0.29) is 31.6 Å². The molecule has 1 atom stereocenters. The molecule has 0 bridgehead atoms. The van der Waals surface area contributed by atoms with Crippen LogP contribution < -0.4 is 0 Å². The average molecular weight is 252 g/mol. The summed E-state index contributed by atoms with van der Waals surface area (Å²) in [7, 11) is -3.30. The van der Waals surface area contributed by atoms with Gasteiger partial charge in [0.15, 0.2) is 0 Å². The van der Waals surface area contributed by atoms with Crippen LogP contribution in [0, 0.1) is 0 Å².